The number of nitrogens with one attached hydrogen (secondary N) is 1. The Morgan fingerprint density at radius 3 is 2.49 bits per heavy atom. The van der Waals surface area contributed by atoms with Crippen LogP contribution >= 0.6 is 0 Å². The van der Waals surface area contributed by atoms with Crippen molar-refractivity contribution in [2.24, 2.45) is 7.05 Å². The van der Waals surface area contributed by atoms with Gasteiger partial charge in [0.1, 0.15) is 22.7 Å². The van der Waals surface area contributed by atoms with E-state index in [0.717, 1.165) is 36.6 Å². The highest BCUT2D eigenvalue weighted by Crippen LogP contribution is 2.36. The van der Waals surface area contributed by atoms with Crippen molar-refractivity contribution in [3.8, 4) is 5.75 Å². The summed E-state index contributed by atoms with van der Waals surface area (Å²) in [6.07, 6.45) is 9.08. The number of fused-ring (bicyclic) bond motifs is 1. The summed E-state index contributed by atoms with van der Waals surface area (Å²) in [5.41, 5.74) is 0.523. The minimum atomic E-state index is -1.02. The van der Waals surface area contributed by atoms with E-state index in [9.17, 15) is 14.7 Å². The lowest BCUT2D eigenvalue weighted by Gasteiger charge is -2.28. The Labute approximate surface area is 213 Å². The molecular weight excluding hydrogens is 474 g/mol. The van der Waals surface area contributed by atoms with Crippen molar-refractivity contribution in [1.29, 1.82) is 0 Å². The van der Waals surface area contributed by atoms with Gasteiger partial charge in [-0.15, -0.1) is 5.10 Å². The number of pyridine rings is 1. The number of amides is 1. The van der Waals surface area contributed by atoms with Crippen LogP contribution in [0.25, 0.3) is 10.9 Å². The van der Waals surface area contributed by atoms with E-state index < -0.39 is 11.5 Å². The van der Waals surface area contributed by atoms with Crippen molar-refractivity contribution in [3.05, 3.63) is 64.5 Å². The number of carbonyl (C=O) groups excluding carboxylic acids is 1. The number of methoxy groups -OCH3 is 1. The molecule has 1 fully saturated rings. The zero-order valence-electron chi connectivity index (χ0n) is 21.4. The van der Waals surface area contributed by atoms with Gasteiger partial charge in [-0.25, -0.2) is 4.68 Å². The number of rotatable bonds is 6. The van der Waals surface area contributed by atoms with Gasteiger partial charge in [0.25, 0.3) is 11.5 Å². The standard InChI is InChI=1S/C26H31N7O4/c1-26(2,36)23-15-33(30-28-23)18-9-7-17(8-10-18)32-14-16-12-19(22(37-4)13-21(16)29-32)24(34)27-20-6-5-11-31(3)25(20)35/h5-6,11-15,17-18,36H,7-10H2,1-4H3,(H,27,34)/t17-,18-. The largest absolute Gasteiger partial charge is 0.496 e. The number of ether oxygens (including phenoxy) is 1. The van der Waals surface area contributed by atoms with E-state index in [1.807, 2.05) is 21.8 Å². The van der Waals surface area contributed by atoms with Gasteiger partial charge in [-0.3, -0.25) is 14.3 Å². The molecule has 1 aliphatic rings. The Balaban J connectivity index is 1.33. The van der Waals surface area contributed by atoms with Crippen LogP contribution in [0.2, 0.25) is 0 Å². The molecule has 1 saturated carbocycles. The quantitative estimate of drug-likeness (QED) is 0.412. The Morgan fingerprint density at radius 1 is 1.14 bits per heavy atom. The van der Waals surface area contributed by atoms with E-state index in [1.165, 1.54) is 11.7 Å². The number of nitrogens with zero attached hydrogens (tertiary/aromatic N) is 6. The third kappa shape index (κ3) is 4.86. The summed E-state index contributed by atoms with van der Waals surface area (Å²) in [5, 5.41) is 26.8. The van der Waals surface area contributed by atoms with Crippen LogP contribution in [-0.4, -0.2) is 47.5 Å². The van der Waals surface area contributed by atoms with Crippen molar-refractivity contribution >= 4 is 22.5 Å². The maximum atomic E-state index is 13.0. The molecule has 2 N–H and O–H groups in total. The molecule has 0 aliphatic heterocycles. The molecule has 0 saturated heterocycles. The molecule has 4 aromatic rings. The third-order valence-electron chi connectivity index (χ3n) is 7.01. The number of carbonyl (C=O) groups is 1. The van der Waals surface area contributed by atoms with Crippen LogP contribution in [-0.2, 0) is 12.6 Å². The van der Waals surface area contributed by atoms with E-state index in [-0.39, 0.29) is 23.3 Å². The maximum Gasteiger partial charge on any atom is 0.274 e. The lowest BCUT2D eigenvalue weighted by atomic mass is 9.91. The predicted molar refractivity (Wildman–Crippen MR) is 138 cm³/mol. The second-order valence-corrected chi connectivity index (χ2v) is 10.1. The monoisotopic (exact) mass is 505 g/mol. The first kappa shape index (κ1) is 24.7. The minimum absolute atomic E-state index is 0.201. The molecule has 1 aliphatic carbocycles. The van der Waals surface area contributed by atoms with E-state index in [1.54, 1.807) is 51.4 Å². The van der Waals surface area contributed by atoms with E-state index in [0.29, 0.717) is 17.0 Å². The first-order valence-corrected chi connectivity index (χ1v) is 12.3. The zero-order valence-corrected chi connectivity index (χ0v) is 21.4. The molecule has 3 aromatic heterocycles. The van der Waals surface area contributed by atoms with Crippen molar-refractivity contribution in [2.45, 2.75) is 57.2 Å². The van der Waals surface area contributed by atoms with Gasteiger partial charge in [0, 0.05) is 30.9 Å². The van der Waals surface area contributed by atoms with Crippen molar-refractivity contribution in [2.75, 3.05) is 12.4 Å². The summed E-state index contributed by atoms with van der Waals surface area (Å²) >= 11 is 0. The lowest BCUT2D eigenvalue weighted by molar-refractivity contribution is 0.0736. The van der Waals surface area contributed by atoms with Crippen LogP contribution in [0.3, 0.4) is 0 Å². The smallest absolute Gasteiger partial charge is 0.274 e. The molecule has 3 heterocycles. The van der Waals surface area contributed by atoms with Gasteiger partial charge in [-0.1, -0.05) is 5.21 Å². The Hall–Kier alpha value is -3.99. The molecule has 0 radical (unpaired) electrons. The molecule has 37 heavy (non-hydrogen) atoms. The summed E-state index contributed by atoms with van der Waals surface area (Å²) < 4.78 is 10.7. The molecule has 1 amide bonds. The maximum absolute atomic E-state index is 13.0. The highest BCUT2D eigenvalue weighted by atomic mass is 16.5. The number of aryl methyl sites for hydroxylation is 1. The van der Waals surface area contributed by atoms with E-state index in [4.69, 9.17) is 9.84 Å². The predicted octanol–water partition coefficient (Wildman–Crippen LogP) is 3.17. The van der Waals surface area contributed by atoms with Crippen LogP contribution in [0, 0.1) is 0 Å². The highest BCUT2D eigenvalue weighted by Gasteiger charge is 2.27. The summed E-state index contributed by atoms with van der Waals surface area (Å²) in [6.45, 7) is 3.40. The van der Waals surface area contributed by atoms with Crippen LogP contribution in [0.4, 0.5) is 5.69 Å². The SMILES string of the molecule is COc1cc2nn([C@H]3CC[C@H](n4cc(C(C)(C)O)nn4)CC3)cc2cc1C(=O)Nc1cccn(C)c1=O. The third-order valence-corrected chi connectivity index (χ3v) is 7.01. The number of anilines is 1. The summed E-state index contributed by atoms with van der Waals surface area (Å²) in [6, 6.07) is 7.22. The minimum Gasteiger partial charge on any atom is -0.496 e. The number of benzene rings is 1. The number of aliphatic hydroxyl groups is 1. The number of hydrogen-bond donors (Lipinski definition) is 2. The van der Waals surface area contributed by atoms with E-state index in [2.05, 4.69) is 15.6 Å². The van der Waals surface area contributed by atoms with Crippen molar-refractivity contribution in [1.82, 2.24) is 29.3 Å². The molecule has 11 nitrogen and oxygen atoms in total. The fraction of sp³-hybridized carbons (Fsp3) is 0.423. The van der Waals surface area contributed by atoms with Gasteiger partial charge in [-0.05, 0) is 57.7 Å². The van der Waals surface area contributed by atoms with Crippen LogP contribution < -0.4 is 15.6 Å². The van der Waals surface area contributed by atoms with Crippen molar-refractivity contribution < 1.29 is 14.6 Å². The van der Waals surface area contributed by atoms with Gasteiger partial charge in [0.2, 0.25) is 0 Å². The molecule has 0 atom stereocenters. The molecule has 0 spiro atoms. The first-order chi connectivity index (χ1) is 17.6. The number of aromatic nitrogens is 6. The molecule has 0 unspecified atom stereocenters. The van der Waals surface area contributed by atoms with Gasteiger partial charge in [0.15, 0.2) is 0 Å². The van der Waals surface area contributed by atoms with Crippen LogP contribution in [0.5, 0.6) is 5.75 Å². The molecule has 1 aromatic carbocycles. The highest BCUT2D eigenvalue weighted by molar-refractivity contribution is 6.08. The molecule has 11 heteroatoms. The second kappa shape index (κ2) is 9.47. The van der Waals surface area contributed by atoms with Gasteiger partial charge in [-0.2, -0.15) is 5.10 Å². The normalized spacial score (nSPS) is 18.2. The van der Waals surface area contributed by atoms with Crippen molar-refractivity contribution in [3.63, 3.8) is 0 Å². The topological polar surface area (TPSA) is 129 Å². The lowest BCUT2D eigenvalue weighted by Crippen LogP contribution is -2.23. The van der Waals surface area contributed by atoms with E-state index >= 15 is 0 Å². The Bertz CT molecular complexity index is 1500. The Kier molecular flexibility index (Phi) is 6.32. The van der Waals surface area contributed by atoms with Crippen LogP contribution in [0.15, 0.2) is 47.7 Å². The molecule has 194 valence electrons. The molecular formula is C26H31N7O4. The first-order valence-electron chi connectivity index (χ1n) is 12.3. The Morgan fingerprint density at radius 2 is 1.84 bits per heavy atom. The fourth-order valence-corrected chi connectivity index (χ4v) is 4.81. The summed E-state index contributed by atoms with van der Waals surface area (Å²) in [5.74, 6) is -0.0333. The van der Waals surface area contributed by atoms with Gasteiger partial charge >= 0.3 is 0 Å². The second-order valence-electron chi connectivity index (χ2n) is 10.1. The summed E-state index contributed by atoms with van der Waals surface area (Å²) in [7, 11) is 3.14. The molecule has 0 bridgehead atoms. The summed E-state index contributed by atoms with van der Waals surface area (Å²) in [4.78, 5) is 25.4. The molecule has 5 rings (SSSR count). The zero-order chi connectivity index (χ0) is 26.3. The average Bonchev–Trinajstić information content (AvgIpc) is 3.53. The fourth-order valence-electron chi connectivity index (χ4n) is 4.81. The average molecular weight is 506 g/mol. The number of hydrogen-bond acceptors (Lipinski definition) is 7. The van der Waals surface area contributed by atoms with Gasteiger partial charge in [0.05, 0.1) is 36.5 Å². The van der Waals surface area contributed by atoms with Gasteiger partial charge < -0.3 is 19.7 Å². The van der Waals surface area contributed by atoms with Crippen LogP contribution in [0.1, 0.15) is 67.7 Å².